The molecule has 1 atom stereocenters. The molecule has 0 N–H and O–H groups in total. The number of hydrogen-bond acceptors (Lipinski definition) is 5. The predicted molar refractivity (Wildman–Crippen MR) is 112 cm³/mol. The fraction of sp³-hybridized carbons (Fsp3) is 0.682. The van der Waals surface area contributed by atoms with E-state index in [4.69, 9.17) is 9.47 Å². The van der Waals surface area contributed by atoms with Crippen LogP contribution in [0.15, 0.2) is 24.3 Å². The molecule has 3 rings (SSSR count). The lowest BCUT2D eigenvalue weighted by Gasteiger charge is -2.37. The second kappa shape index (κ2) is 9.03. The Morgan fingerprint density at radius 3 is 2.46 bits per heavy atom. The Labute approximate surface area is 169 Å². The first kappa shape index (κ1) is 20.8. The summed E-state index contributed by atoms with van der Waals surface area (Å²) in [4.78, 5) is 18.8. The van der Waals surface area contributed by atoms with E-state index >= 15 is 0 Å². The molecule has 1 amide bonds. The van der Waals surface area contributed by atoms with Crippen LogP contribution in [0.25, 0.3) is 0 Å². The highest BCUT2D eigenvalue weighted by Crippen LogP contribution is 2.30. The van der Waals surface area contributed by atoms with Crippen LogP contribution in [-0.4, -0.2) is 73.9 Å². The third kappa shape index (κ3) is 5.53. The van der Waals surface area contributed by atoms with Crippen molar-refractivity contribution >= 4 is 11.8 Å². The number of amides is 1. The van der Waals surface area contributed by atoms with Crippen LogP contribution in [0.2, 0.25) is 0 Å². The maximum atomic E-state index is 12.3. The molecule has 0 aliphatic carbocycles. The summed E-state index contributed by atoms with van der Waals surface area (Å²) in [5.74, 6) is 0.937. The molecule has 2 saturated heterocycles. The van der Waals surface area contributed by atoms with Gasteiger partial charge in [-0.1, -0.05) is 18.6 Å². The summed E-state index contributed by atoms with van der Waals surface area (Å²) in [6.45, 7) is 10.5. The van der Waals surface area contributed by atoms with Crippen LogP contribution in [0.5, 0.6) is 5.75 Å². The van der Waals surface area contributed by atoms with E-state index in [1.54, 1.807) is 4.90 Å². The van der Waals surface area contributed by atoms with E-state index in [2.05, 4.69) is 35.0 Å². The molecule has 0 bridgehead atoms. The van der Waals surface area contributed by atoms with Crippen LogP contribution in [0.4, 0.5) is 10.5 Å². The topological polar surface area (TPSA) is 45.2 Å². The van der Waals surface area contributed by atoms with Crippen LogP contribution in [0.3, 0.4) is 0 Å². The molecule has 2 aliphatic heterocycles. The van der Waals surface area contributed by atoms with Crippen LogP contribution in [-0.2, 0) is 4.74 Å². The molecule has 28 heavy (non-hydrogen) atoms. The lowest BCUT2D eigenvalue weighted by molar-refractivity contribution is 0.0240. The van der Waals surface area contributed by atoms with Gasteiger partial charge in [0.15, 0.2) is 0 Å². The Hall–Kier alpha value is -1.95. The molecular weight excluding hydrogens is 354 g/mol. The van der Waals surface area contributed by atoms with Crippen molar-refractivity contribution in [1.82, 2.24) is 9.80 Å². The fourth-order valence-corrected chi connectivity index (χ4v) is 3.84. The summed E-state index contributed by atoms with van der Waals surface area (Å²) in [6, 6.07) is 8.74. The molecule has 0 spiro atoms. The Balaban J connectivity index is 1.57. The highest BCUT2D eigenvalue weighted by Gasteiger charge is 2.27. The number of nitrogens with zero attached hydrogens (tertiary/aromatic N) is 3. The maximum absolute atomic E-state index is 12.3. The zero-order valence-corrected chi connectivity index (χ0v) is 17.8. The van der Waals surface area contributed by atoms with E-state index < -0.39 is 5.60 Å². The molecule has 2 fully saturated rings. The lowest BCUT2D eigenvalue weighted by atomic mass is 10.0. The highest BCUT2D eigenvalue weighted by molar-refractivity contribution is 5.69. The van der Waals surface area contributed by atoms with Gasteiger partial charge >= 0.3 is 6.09 Å². The Morgan fingerprint density at radius 2 is 1.79 bits per heavy atom. The number of para-hydroxylation sites is 2. The summed E-state index contributed by atoms with van der Waals surface area (Å²) in [6.07, 6.45) is 3.54. The molecule has 156 valence electrons. The minimum Gasteiger partial charge on any atom is -0.490 e. The van der Waals surface area contributed by atoms with Gasteiger partial charge in [-0.3, -0.25) is 0 Å². The maximum Gasteiger partial charge on any atom is 0.410 e. The summed E-state index contributed by atoms with van der Waals surface area (Å²) in [7, 11) is 2.19. The molecular formula is C22H35N3O3. The number of carbonyl (C=O) groups is 1. The normalized spacial score (nSPS) is 21.5. The number of benzene rings is 1. The molecule has 6 heteroatoms. The van der Waals surface area contributed by atoms with Crippen molar-refractivity contribution in [1.29, 1.82) is 0 Å². The van der Waals surface area contributed by atoms with Gasteiger partial charge in [0.05, 0.1) is 5.69 Å². The molecule has 1 unspecified atom stereocenters. The van der Waals surface area contributed by atoms with Gasteiger partial charge in [-0.15, -0.1) is 0 Å². The summed E-state index contributed by atoms with van der Waals surface area (Å²) in [5, 5.41) is 0. The second-order valence-electron chi connectivity index (χ2n) is 8.86. The molecule has 0 saturated carbocycles. The lowest BCUT2D eigenvalue weighted by Crippen LogP contribution is -2.50. The molecule has 0 radical (unpaired) electrons. The highest BCUT2D eigenvalue weighted by atomic mass is 16.6. The average Bonchev–Trinajstić information content (AvgIpc) is 2.66. The Bertz CT molecular complexity index is 651. The van der Waals surface area contributed by atoms with Gasteiger partial charge in [-0.2, -0.15) is 0 Å². The van der Waals surface area contributed by atoms with E-state index in [0.717, 1.165) is 37.7 Å². The number of carbonyl (C=O) groups excluding carboxylic acids is 1. The van der Waals surface area contributed by atoms with E-state index in [1.807, 2.05) is 26.8 Å². The molecule has 1 aromatic rings. The first-order valence-corrected chi connectivity index (χ1v) is 10.5. The Morgan fingerprint density at radius 1 is 1.07 bits per heavy atom. The van der Waals surface area contributed by atoms with E-state index in [1.165, 1.54) is 19.3 Å². The van der Waals surface area contributed by atoms with Crippen molar-refractivity contribution < 1.29 is 14.3 Å². The van der Waals surface area contributed by atoms with E-state index in [0.29, 0.717) is 19.1 Å². The van der Waals surface area contributed by atoms with Crippen LogP contribution in [0, 0.1) is 0 Å². The van der Waals surface area contributed by atoms with Gasteiger partial charge in [-0.25, -0.2) is 4.79 Å². The standard InChI is InChI=1S/C22H35N3O3/c1-22(2,3)28-21(26)25-15-13-24(14-16-25)19-10-5-6-11-20(19)27-17-18-9-7-8-12-23(18)4/h5-6,10-11,18H,7-9,12-17H2,1-4H3. The number of likely N-dealkylation sites (tertiary alicyclic amines) is 1. The fourth-order valence-electron chi connectivity index (χ4n) is 3.84. The third-order valence-corrected chi connectivity index (χ3v) is 5.49. The van der Waals surface area contributed by atoms with Crippen molar-refractivity contribution in [2.45, 2.75) is 51.7 Å². The zero-order valence-electron chi connectivity index (χ0n) is 17.8. The quantitative estimate of drug-likeness (QED) is 0.787. The molecule has 6 nitrogen and oxygen atoms in total. The van der Waals surface area contributed by atoms with Crippen LogP contribution < -0.4 is 9.64 Å². The molecule has 0 aromatic heterocycles. The van der Waals surface area contributed by atoms with Crippen molar-refractivity contribution in [2.75, 3.05) is 51.3 Å². The van der Waals surface area contributed by atoms with E-state index in [-0.39, 0.29) is 6.09 Å². The molecule has 2 aliphatic rings. The molecule has 2 heterocycles. The van der Waals surface area contributed by atoms with Gasteiger partial charge < -0.3 is 24.2 Å². The monoisotopic (exact) mass is 389 g/mol. The smallest absolute Gasteiger partial charge is 0.410 e. The largest absolute Gasteiger partial charge is 0.490 e. The summed E-state index contributed by atoms with van der Waals surface area (Å²) in [5.41, 5.74) is 0.658. The minimum atomic E-state index is -0.457. The van der Waals surface area contributed by atoms with Gasteiger partial charge in [0.2, 0.25) is 0 Å². The minimum absolute atomic E-state index is 0.225. The van der Waals surface area contributed by atoms with Gasteiger partial charge in [0.25, 0.3) is 0 Å². The summed E-state index contributed by atoms with van der Waals surface area (Å²) >= 11 is 0. The first-order valence-electron chi connectivity index (χ1n) is 10.5. The number of likely N-dealkylation sites (N-methyl/N-ethyl adjacent to an activating group) is 1. The Kier molecular flexibility index (Phi) is 6.70. The number of piperidine rings is 1. The third-order valence-electron chi connectivity index (χ3n) is 5.49. The van der Waals surface area contributed by atoms with Crippen LogP contribution >= 0.6 is 0 Å². The second-order valence-corrected chi connectivity index (χ2v) is 8.86. The van der Waals surface area contributed by atoms with Gasteiger partial charge in [0, 0.05) is 32.2 Å². The van der Waals surface area contributed by atoms with E-state index in [9.17, 15) is 4.79 Å². The van der Waals surface area contributed by atoms with Gasteiger partial charge in [-0.05, 0) is 59.3 Å². The number of hydrogen-bond donors (Lipinski definition) is 0. The zero-order chi connectivity index (χ0) is 20.1. The SMILES string of the molecule is CN1CCCCC1COc1ccccc1N1CCN(C(=O)OC(C)(C)C)CC1. The average molecular weight is 390 g/mol. The van der Waals surface area contributed by atoms with Crippen molar-refractivity contribution in [3.8, 4) is 5.75 Å². The summed E-state index contributed by atoms with van der Waals surface area (Å²) < 4.78 is 11.7. The van der Waals surface area contributed by atoms with Gasteiger partial charge in [0.1, 0.15) is 18.0 Å². The molecule has 1 aromatic carbocycles. The number of ether oxygens (including phenoxy) is 2. The van der Waals surface area contributed by atoms with Crippen LogP contribution in [0.1, 0.15) is 40.0 Å². The van der Waals surface area contributed by atoms with Crippen molar-refractivity contribution in [2.24, 2.45) is 0 Å². The number of rotatable bonds is 4. The number of anilines is 1. The predicted octanol–water partition coefficient (Wildman–Crippen LogP) is 3.61. The van der Waals surface area contributed by atoms with Crippen molar-refractivity contribution in [3.63, 3.8) is 0 Å². The van der Waals surface area contributed by atoms with Crippen molar-refractivity contribution in [3.05, 3.63) is 24.3 Å². The first-order chi connectivity index (χ1) is 13.3. The number of piperazine rings is 1.